The molecule has 0 spiro atoms. The van der Waals surface area contributed by atoms with Gasteiger partial charge >= 0.3 is 12.0 Å². The Kier molecular flexibility index (Phi) is 5.16. The van der Waals surface area contributed by atoms with Crippen LogP contribution in [0.15, 0.2) is 59.9 Å². The van der Waals surface area contributed by atoms with Crippen LogP contribution in [0.4, 0.5) is 4.79 Å². The predicted octanol–water partition coefficient (Wildman–Crippen LogP) is 2.02. The summed E-state index contributed by atoms with van der Waals surface area (Å²) in [5.74, 6) is -0.387. The fourth-order valence-electron chi connectivity index (χ4n) is 3.90. The van der Waals surface area contributed by atoms with Gasteiger partial charge in [0.25, 0.3) is 0 Å². The molecule has 0 aliphatic carbocycles. The van der Waals surface area contributed by atoms with E-state index in [-0.39, 0.29) is 24.6 Å². The number of hydrogen-bond donors (Lipinski definition) is 2. The van der Waals surface area contributed by atoms with Crippen LogP contribution < -0.4 is 10.6 Å². The molecule has 4 rings (SSSR count). The van der Waals surface area contributed by atoms with Gasteiger partial charge in [-0.3, -0.25) is 4.90 Å². The van der Waals surface area contributed by atoms with Gasteiger partial charge in [-0.1, -0.05) is 30.3 Å². The number of carbonyl (C=O) groups excluding carboxylic acids is 2. The van der Waals surface area contributed by atoms with Gasteiger partial charge in [-0.2, -0.15) is 0 Å². The van der Waals surface area contributed by atoms with Crippen molar-refractivity contribution in [1.82, 2.24) is 20.1 Å². The number of fused-ring (bicyclic) bond motifs is 1. The van der Waals surface area contributed by atoms with Crippen molar-refractivity contribution in [3.05, 3.63) is 71.2 Å². The normalized spacial score (nSPS) is 19.6. The van der Waals surface area contributed by atoms with Crippen molar-refractivity contribution in [1.29, 1.82) is 0 Å². The molecule has 1 aromatic carbocycles. The largest absolute Gasteiger partial charge is 0.463 e. The minimum Gasteiger partial charge on any atom is -0.463 e. The Hall–Kier alpha value is -3.06. The number of hydrogen-bond acceptors (Lipinski definition) is 4. The van der Waals surface area contributed by atoms with E-state index >= 15 is 0 Å². The summed E-state index contributed by atoms with van der Waals surface area (Å²) in [6.45, 7) is 4.39. The maximum atomic E-state index is 12.4. The lowest BCUT2D eigenvalue weighted by Crippen LogP contribution is -2.48. The van der Waals surface area contributed by atoms with E-state index in [0.717, 1.165) is 13.1 Å². The van der Waals surface area contributed by atoms with E-state index in [1.165, 1.54) is 11.3 Å². The van der Waals surface area contributed by atoms with Crippen molar-refractivity contribution in [2.45, 2.75) is 19.5 Å². The monoisotopic (exact) mass is 380 g/mol. The number of carbonyl (C=O) groups is 2. The third-order valence-corrected chi connectivity index (χ3v) is 5.19. The lowest BCUT2D eigenvalue weighted by Gasteiger charge is -2.38. The maximum absolute atomic E-state index is 12.4. The lowest BCUT2D eigenvalue weighted by molar-refractivity contribution is -0.138. The summed E-state index contributed by atoms with van der Waals surface area (Å²) < 4.78 is 7.44. The number of nitrogens with one attached hydrogen (secondary N) is 2. The molecule has 0 saturated heterocycles. The van der Waals surface area contributed by atoms with Gasteiger partial charge in [0.2, 0.25) is 0 Å². The van der Waals surface area contributed by atoms with Gasteiger partial charge in [-0.05, 0) is 24.6 Å². The van der Waals surface area contributed by atoms with Crippen LogP contribution in [0.3, 0.4) is 0 Å². The molecule has 0 unspecified atom stereocenters. The molecule has 0 fully saturated rings. The van der Waals surface area contributed by atoms with E-state index in [1.54, 1.807) is 6.92 Å². The highest BCUT2D eigenvalue weighted by Gasteiger charge is 2.32. The molecule has 2 amide bonds. The van der Waals surface area contributed by atoms with Crippen LogP contribution in [0.1, 0.15) is 24.2 Å². The SMILES string of the molecule is CCOC(=O)C1=C(CN2CCn3cccc3[C@H]2c2ccccc2)NC(=O)NC1. The Balaban J connectivity index is 1.68. The average molecular weight is 380 g/mol. The first kappa shape index (κ1) is 18.3. The van der Waals surface area contributed by atoms with Gasteiger partial charge < -0.3 is 19.9 Å². The summed E-state index contributed by atoms with van der Waals surface area (Å²) in [5, 5.41) is 5.48. The minimum absolute atomic E-state index is 0.0488. The quantitative estimate of drug-likeness (QED) is 0.779. The van der Waals surface area contributed by atoms with Crippen LogP contribution in [0, 0.1) is 0 Å². The molecule has 146 valence electrons. The van der Waals surface area contributed by atoms with E-state index in [4.69, 9.17) is 4.74 Å². The molecule has 1 atom stereocenters. The third kappa shape index (κ3) is 3.53. The second-order valence-corrected chi connectivity index (χ2v) is 6.90. The van der Waals surface area contributed by atoms with Gasteiger partial charge in [0.15, 0.2) is 0 Å². The number of esters is 1. The third-order valence-electron chi connectivity index (χ3n) is 5.19. The number of benzene rings is 1. The van der Waals surface area contributed by atoms with Gasteiger partial charge in [0, 0.05) is 37.2 Å². The molecule has 7 nitrogen and oxygen atoms in total. The standard InChI is InChI=1S/C21H24N4O3/c1-2-28-20(26)16-13-22-21(27)23-17(16)14-25-12-11-24-10-6-9-18(24)19(25)15-7-4-3-5-8-15/h3-10,19H,2,11-14H2,1H3,(H2,22,23,27)/t19-/m1/s1. The van der Waals surface area contributed by atoms with Crippen LogP contribution in [-0.4, -0.2) is 47.7 Å². The zero-order chi connectivity index (χ0) is 19.5. The molecule has 2 aliphatic rings. The Labute approximate surface area is 164 Å². The van der Waals surface area contributed by atoms with Crippen LogP contribution in [0.2, 0.25) is 0 Å². The summed E-state index contributed by atoms with van der Waals surface area (Å²) in [4.78, 5) is 26.6. The van der Waals surface area contributed by atoms with Crippen LogP contribution in [-0.2, 0) is 16.1 Å². The predicted molar refractivity (Wildman–Crippen MR) is 104 cm³/mol. The molecule has 7 heteroatoms. The average Bonchev–Trinajstić information content (AvgIpc) is 3.17. The number of urea groups is 1. The highest BCUT2D eigenvalue weighted by Crippen LogP contribution is 2.33. The maximum Gasteiger partial charge on any atom is 0.337 e. The van der Waals surface area contributed by atoms with E-state index in [2.05, 4.69) is 50.6 Å². The van der Waals surface area contributed by atoms with Gasteiger partial charge in [0.05, 0.1) is 24.8 Å². The molecular weight excluding hydrogens is 356 g/mol. The van der Waals surface area contributed by atoms with E-state index in [1.807, 2.05) is 18.2 Å². The molecule has 3 heterocycles. The molecule has 1 aromatic heterocycles. The summed E-state index contributed by atoms with van der Waals surface area (Å²) in [6.07, 6.45) is 2.10. The van der Waals surface area contributed by atoms with E-state index < -0.39 is 0 Å². The first-order valence-corrected chi connectivity index (χ1v) is 9.55. The van der Waals surface area contributed by atoms with Gasteiger partial charge in [-0.25, -0.2) is 9.59 Å². The first-order valence-electron chi connectivity index (χ1n) is 9.55. The minimum atomic E-state index is -0.387. The summed E-state index contributed by atoms with van der Waals surface area (Å²) in [5.41, 5.74) is 3.48. The highest BCUT2D eigenvalue weighted by atomic mass is 16.5. The van der Waals surface area contributed by atoms with Gasteiger partial charge in [-0.15, -0.1) is 0 Å². The molecule has 2 aliphatic heterocycles. The van der Waals surface area contributed by atoms with Crippen molar-refractivity contribution >= 4 is 12.0 Å². The van der Waals surface area contributed by atoms with Crippen LogP contribution in [0.5, 0.6) is 0 Å². The summed E-state index contributed by atoms with van der Waals surface area (Å²) in [6, 6.07) is 14.2. The Morgan fingerprint density at radius 2 is 2.00 bits per heavy atom. The second-order valence-electron chi connectivity index (χ2n) is 6.90. The molecule has 2 N–H and O–H groups in total. The van der Waals surface area contributed by atoms with Gasteiger partial charge in [0.1, 0.15) is 0 Å². The van der Waals surface area contributed by atoms with Crippen molar-refractivity contribution < 1.29 is 14.3 Å². The van der Waals surface area contributed by atoms with Crippen LogP contribution >= 0.6 is 0 Å². The van der Waals surface area contributed by atoms with Crippen molar-refractivity contribution in [3.63, 3.8) is 0 Å². The molecule has 28 heavy (non-hydrogen) atoms. The lowest BCUT2D eigenvalue weighted by atomic mass is 9.99. The summed E-state index contributed by atoms with van der Waals surface area (Å²) in [7, 11) is 0. The number of rotatable bonds is 5. The van der Waals surface area contributed by atoms with Crippen molar-refractivity contribution in [2.24, 2.45) is 0 Å². The van der Waals surface area contributed by atoms with E-state index in [9.17, 15) is 9.59 Å². The number of ether oxygens (including phenoxy) is 1. The smallest absolute Gasteiger partial charge is 0.337 e. The fourth-order valence-corrected chi connectivity index (χ4v) is 3.90. The number of aromatic nitrogens is 1. The molecular formula is C21H24N4O3. The van der Waals surface area contributed by atoms with Crippen molar-refractivity contribution in [3.8, 4) is 0 Å². The Morgan fingerprint density at radius 1 is 1.18 bits per heavy atom. The Morgan fingerprint density at radius 3 is 2.79 bits per heavy atom. The zero-order valence-corrected chi connectivity index (χ0v) is 15.9. The van der Waals surface area contributed by atoms with E-state index in [0.29, 0.717) is 24.4 Å². The molecule has 0 saturated carbocycles. The second kappa shape index (κ2) is 7.90. The highest BCUT2D eigenvalue weighted by molar-refractivity contribution is 5.93. The fraction of sp³-hybridized carbons (Fsp3) is 0.333. The Bertz CT molecular complexity index is 903. The zero-order valence-electron chi connectivity index (χ0n) is 15.9. The van der Waals surface area contributed by atoms with Crippen molar-refractivity contribution in [2.75, 3.05) is 26.2 Å². The molecule has 0 bridgehead atoms. The summed E-state index contributed by atoms with van der Waals surface area (Å²) >= 11 is 0. The number of amides is 2. The topological polar surface area (TPSA) is 75.6 Å². The molecule has 0 radical (unpaired) electrons. The number of nitrogens with zero attached hydrogens (tertiary/aromatic N) is 2. The molecule has 2 aromatic rings. The van der Waals surface area contributed by atoms with Crippen LogP contribution in [0.25, 0.3) is 0 Å². The first-order chi connectivity index (χ1) is 13.7.